The number of hydrogen-bond acceptors (Lipinski definition) is 7. The van der Waals surface area contributed by atoms with Gasteiger partial charge in [-0.1, -0.05) is 36.4 Å². The van der Waals surface area contributed by atoms with Crippen LogP contribution < -0.4 is 4.90 Å². The molecule has 1 saturated heterocycles. The number of hydrogen-bond donors (Lipinski definition) is 1. The molecule has 0 radical (unpaired) electrons. The quantitative estimate of drug-likeness (QED) is 0.219. The Hall–Kier alpha value is -3.80. The molecule has 4 rings (SSSR count). The predicted molar refractivity (Wildman–Crippen MR) is 147 cm³/mol. The number of ketones is 1. The number of para-hydroxylation sites is 1. The van der Waals surface area contributed by atoms with Crippen molar-refractivity contribution in [2.75, 3.05) is 52.7 Å². The van der Waals surface area contributed by atoms with Gasteiger partial charge in [0.2, 0.25) is 10.0 Å². The Morgan fingerprint density at radius 1 is 1.05 bits per heavy atom. The molecule has 1 unspecified atom stereocenters. The van der Waals surface area contributed by atoms with Crippen LogP contribution in [0.4, 0.5) is 5.69 Å². The molecule has 2 aliphatic heterocycles. The van der Waals surface area contributed by atoms with Gasteiger partial charge in [0.15, 0.2) is 5.54 Å². The van der Waals surface area contributed by atoms with Gasteiger partial charge in [-0.3, -0.25) is 14.4 Å². The summed E-state index contributed by atoms with van der Waals surface area (Å²) in [6.07, 6.45) is 2.01. The van der Waals surface area contributed by atoms with E-state index in [2.05, 4.69) is 6.58 Å². The maximum Gasteiger partial charge on any atom is 0.296 e. The summed E-state index contributed by atoms with van der Waals surface area (Å²) in [5, 5.41) is 11.6. The van der Waals surface area contributed by atoms with Crippen LogP contribution in [0.3, 0.4) is 0 Å². The maximum atomic E-state index is 14.3. The van der Waals surface area contributed by atoms with Crippen molar-refractivity contribution in [3.63, 3.8) is 0 Å². The molecule has 206 valence electrons. The third-order valence-electron chi connectivity index (χ3n) is 6.99. The summed E-state index contributed by atoms with van der Waals surface area (Å²) in [6.45, 7) is 4.54. The van der Waals surface area contributed by atoms with Crippen molar-refractivity contribution in [3.8, 4) is 0 Å². The number of benzene rings is 2. The first-order valence-electron chi connectivity index (χ1n) is 12.4. The van der Waals surface area contributed by atoms with Crippen LogP contribution >= 0.6 is 0 Å². The number of carbonyl (C=O) groups excluding carboxylic acids is 3. The summed E-state index contributed by atoms with van der Waals surface area (Å²) in [6, 6.07) is 12.3. The second-order valence-electron chi connectivity index (χ2n) is 9.91. The van der Waals surface area contributed by atoms with Crippen LogP contribution in [0.1, 0.15) is 17.5 Å². The van der Waals surface area contributed by atoms with Crippen molar-refractivity contribution in [1.82, 2.24) is 14.1 Å². The molecule has 0 bridgehead atoms. The lowest BCUT2D eigenvalue weighted by molar-refractivity contribution is -0.143. The van der Waals surface area contributed by atoms with Crippen molar-refractivity contribution in [3.05, 3.63) is 77.9 Å². The van der Waals surface area contributed by atoms with Gasteiger partial charge in [-0.2, -0.15) is 0 Å². The highest BCUT2D eigenvalue weighted by Gasteiger charge is 2.66. The van der Waals surface area contributed by atoms with Crippen LogP contribution in [0.25, 0.3) is 5.76 Å². The van der Waals surface area contributed by atoms with Gasteiger partial charge >= 0.3 is 0 Å². The number of aliphatic hydroxyl groups is 1. The van der Waals surface area contributed by atoms with E-state index in [1.54, 1.807) is 30.3 Å². The van der Waals surface area contributed by atoms with Gasteiger partial charge in [-0.05, 0) is 45.3 Å². The van der Waals surface area contributed by atoms with Crippen molar-refractivity contribution in [1.29, 1.82) is 0 Å². The molecular weight excluding hydrogens is 520 g/mol. The van der Waals surface area contributed by atoms with Gasteiger partial charge in [-0.15, -0.1) is 6.58 Å². The molecule has 10 nitrogen and oxygen atoms in total. The summed E-state index contributed by atoms with van der Waals surface area (Å²) in [4.78, 5) is 46.0. The average Bonchev–Trinajstić information content (AvgIpc) is 3.27. The fourth-order valence-corrected chi connectivity index (χ4v) is 6.13. The number of Topliss-reactive ketones (excluding diaryl/α,β-unsaturated/α-hetero) is 1. The number of likely N-dealkylation sites (tertiary alicyclic amines) is 1. The monoisotopic (exact) mass is 552 g/mol. The number of carbonyl (C=O) groups is 3. The molecule has 11 heteroatoms. The molecule has 2 aromatic carbocycles. The third kappa shape index (κ3) is 4.36. The first-order valence-corrected chi connectivity index (χ1v) is 13.8. The average molecular weight is 553 g/mol. The van der Waals surface area contributed by atoms with Crippen molar-refractivity contribution in [2.24, 2.45) is 0 Å². The summed E-state index contributed by atoms with van der Waals surface area (Å²) in [5.41, 5.74) is -1.42. The first kappa shape index (κ1) is 28.2. The number of sulfonamides is 1. The van der Waals surface area contributed by atoms with E-state index < -0.39 is 38.9 Å². The van der Waals surface area contributed by atoms with Crippen LogP contribution in [0.15, 0.2) is 71.7 Å². The predicted octanol–water partition coefficient (Wildman–Crippen LogP) is 2.00. The SMILES string of the molecule is C=CCN1C(=O)C2(C(=C(O)c3cccc(S(=O)(=O)N(C)C)c3)C(=O)C(=O)N2CCCN(C)C)c2ccccc21. The van der Waals surface area contributed by atoms with Crippen LogP contribution in [0.5, 0.6) is 0 Å². The number of fused-ring (bicyclic) bond motifs is 2. The van der Waals surface area contributed by atoms with Crippen molar-refractivity contribution in [2.45, 2.75) is 16.9 Å². The Kier molecular flexibility index (Phi) is 7.53. The fourth-order valence-electron chi connectivity index (χ4n) is 5.18. The van der Waals surface area contributed by atoms with Gasteiger partial charge in [0.25, 0.3) is 17.6 Å². The molecule has 0 aliphatic carbocycles. The van der Waals surface area contributed by atoms with Gasteiger partial charge in [0.05, 0.1) is 16.2 Å². The highest BCUT2D eigenvalue weighted by molar-refractivity contribution is 7.89. The molecule has 2 amide bonds. The molecular formula is C28H32N4O6S. The van der Waals surface area contributed by atoms with E-state index in [1.165, 1.54) is 48.2 Å². The number of rotatable bonds is 9. The Balaban J connectivity index is 2.02. The van der Waals surface area contributed by atoms with Crippen LogP contribution in [0, 0.1) is 0 Å². The van der Waals surface area contributed by atoms with E-state index in [4.69, 9.17) is 0 Å². The zero-order chi connectivity index (χ0) is 28.7. The lowest BCUT2D eigenvalue weighted by Crippen LogP contribution is -2.52. The van der Waals surface area contributed by atoms with E-state index >= 15 is 0 Å². The third-order valence-corrected chi connectivity index (χ3v) is 8.81. The molecule has 2 aliphatic rings. The summed E-state index contributed by atoms with van der Waals surface area (Å²) < 4.78 is 26.6. The van der Waals surface area contributed by atoms with Gasteiger partial charge in [-0.25, -0.2) is 12.7 Å². The van der Waals surface area contributed by atoms with Crippen molar-refractivity contribution < 1.29 is 27.9 Å². The second-order valence-corrected chi connectivity index (χ2v) is 12.1. The number of aliphatic hydroxyl groups excluding tert-OH is 1. The van der Waals surface area contributed by atoms with E-state index in [9.17, 15) is 27.9 Å². The van der Waals surface area contributed by atoms with Crippen molar-refractivity contribution >= 4 is 39.1 Å². The maximum absolute atomic E-state index is 14.3. The fraction of sp³-hybridized carbons (Fsp3) is 0.321. The van der Waals surface area contributed by atoms with E-state index in [1.807, 2.05) is 19.0 Å². The minimum atomic E-state index is -3.87. The first-order chi connectivity index (χ1) is 18.4. The molecule has 1 fully saturated rings. The van der Waals surface area contributed by atoms with Crippen LogP contribution in [-0.2, 0) is 29.9 Å². The standard InChI is InChI=1S/C28H32N4O6S/c1-6-15-31-22-14-8-7-13-21(22)28(27(31)36)23(25(34)26(35)32(28)17-10-16-29(2)3)24(33)19-11-9-12-20(18-19)39(37,38)30(4)5/h6-9,11-14,18,33H,1,10,15-17H2,2-5H3. The smallest absolute Gasteiger partial charge is 0.296 e. The zero-order valence-electron chi connectivity index (χ0n) is 22.4. The summed E-state index contributed by atoms with van der Waals surface area (Å²) >= 11 is 0. The van der Waals surface area contributed by atoms with E-state index in [0.717, 1.165) is 4.31 Å². The molecule has 1 N–H and O–H groups in total. The molecule has 1 spiro atoms. The minimum Gasteiger partial charge on any atom is -0.507 e. The largest absolute Gasteiger partial charge is 0.507 e. The zero-order valence-corrected chi connectivity index (χ0v) is 23.2. The summed E-state index contributed by atoms with van der Waals surface area (Å²) in [7, 11) is 2.64. The van der Waals surface area contributed by atoms with Crippen LogP contribution in [-0.4, -0.2) is 93.1 Å². The number of nitrogens with zero attached hydrogens (tertiary/aromatic N) is 4. The normalized spacial score (nSPS) is 20.5. The molecule has 2 aromatic rings. The Bertz CT molecular complexity index is 1500. The molecule has 2 heterocycles. The number of anilines is 1. The molecule has 0 saturated carbocycles. The highest BCUT2D eigenvalue weighted by Crippen LogP contribution is 2.53. The topological polar surface area (TPSA) is 119 Å². The molecule has 1 atom stereocenters. The van der Waals surface area contributed by atoms with Gasteiger partial charge < -0.3 is 19.8 Å². The summed E-state index contributed by atoms with van der Waals surface area (Å²) in [5.74, 6) is -3.10. The lowest BCUT2D eigenvalue weighted by atomic mass is 9.82. The molecule has 39 heavy (non-hydrogen) atoms. The number of amides is 2. The highest BCUT2D eigenvalue weighted by atomic mass is 32.2. The lowest BCUT2D eigenvalue weighted by Gasteiger charge is -2.34. The van der Waals surface area contributed by atoms with Gasteiger partial charge in [0.1, 0.15) is 5.76 Å². The van der Waals surface area contributed by atoms with E-state index in [0.29, 0.717) is 24.2 Å². The Morgan fingerprint density at radius 2 is 1.74 bits per heavy atom. The van der Waals surface area contributed by atoms with Crippen LogP contribution in [0.2, 0.25) is 0 Å². The Labute approximate surface area is 228 Å². The van der Waals surface area contributed by atoms with E-state index in [-0.39, 0.29) is 29.1 Å². The second kappa shape index (κ2) is 10.4. The minimum absolute atomic E-state index is 0.00366. The Morgan fingerprint density at radius 3 is 2.38 bits per heavy atom. The molecule has 0 aromatic heterocycles. The van der Waals surface area contributed by atoms with Gasteiger partial charge in [0, 0.05) is 38.3 Å².